The lowest BCUT2D eigenvalue weighted by Gasteiger charge is -2.03. The van der Waals surface area contributed by atoms with E-state index in [0.717, 1.165) is 21.6 Å². The number of hydrogen-bond acceptors (Lipinski definition) is 3. The standard InChI is InChI=1S/C12H11BrN2S2/c1-2-17-9-5-3-8(4-6-9)11-14-7-10(13)12(16)15-11/h3-7H,2H2,1H3,(H,14,15,16). The molecule has 88 valence electrons. The van der Waals surface area contributed by atoms with Crippen molar-refractivity contribution in [3.05, 3.63) is 39.6 Å². The maximum atomic E-state index is 5.16. The largest absolute Gasteiger partial charge is 0.330 e. The number of benzene rings is 1. The van der Waals surface area contributed by atoms with Crippen LogP contribution in [0.1, 0.15) is 6.92 Å². The average molecular weight is 327 g/mol. The summed E-state index contributed by atoms with van der Waals surface area (Å²) in [6.07, 6.45) is 1.73. The first-order valence-electron chi connectivity index (χ1n) is 5.18. The van der Waals surface area contributed by atoms with Crippen molar-refractivity contribution in [3.63, 3.8) is 0 Å². The quantitative estimate of drug-likeness (QED) is 0.655. The van der Waals surface area contributed by atoms with Gasteiger partial charge in [-0.3, -0.25) is 0 Å². The molecule has 0 unspecified atom stereocenters. The molecule has 0 bridgehead atoms. The van der Waals surface area contributed by atoms with Gasteiger partial charge in [0.15, 0.2) is 0 Å². The number of thioether (sulfide) groups is 1. The Balaban J connectivity index is 2.33. The van der Waals surface area contributed by atoms with E-state index in [9.17, 15) is 0 Å². The molecule has 0 radical (unpaired) electrons. The zero-order valence-corrected chi connectivity index (χ0v) is 12.5. The number of aromatic amines is 1. The molecule has 1 aromatic carbocycles. The van der Waals surface area contributed by atoms with Gasteiger partial charge in [0, 0.05) is 16.7 Å². The van der Waals surface area contributed by atoms with Gasteiger partial charge >= 0.3 is 0 Å². The molecule has 5 heteroatoms. The number of aromatic nitrogens is 2. The van der Waals surface area contributed by atoms with Crippen LogP contribution in [0.4, 0.5) is 0 Å². The predicted octanol–water partition coefficient (Wildman–Crippen LogP) is 4.68. The summed E-state index contributed by atoms with van der Waals surface area (Å²) in [7, 11) is 0. The lowest BCUT2D eigenvalue weighted by molar-refractivity contribution is 1.14. The highest BCUT2D eigenvalue weighted by Gasteiger charge is 2.01. The van der Waals surface area contributed by atoms with Gasteiger partial charge in [0.1, 0.15) is 10.5 Å². The number of hydrogen-bond donors (Lipinski definition) is 1. The molecule has 0 atom stereocenters. The zero-order chi connectivity index (χ0) is 12.3. The van der Waals surface area contributed by atoms with Crippen molar-refractivity contribution >= 4 is 39.9 Å². The Hall–Kier alpha value is -0.650. The highest BCUT2D eigenvalue weighted by molar-refractivity contribution is 9.10. The SMILES string of the molecule is CCSc1ccc(-c2ncc(Br)c(=S)[nH]2)cc1. The Morgan fingerprint density at radius 1 is 1.35 bits per heavy atom. The van der Waals surface area contributed by atoms with E-state index in [1.807, 2.05) is 11.8 Å². The second-order valence-corrected chi connectivity index (χ2v) is 5.97. The second kappa shape index (κ2) is 5.80. The monoisotopic (exact) mass is 326 g/mol. The van der Waals surface area contributed by atoms with Crippen LogP contribution in [-0.4, -0.2) is 15.7 Å². The Labute approximate surface area is 118 Å². The molecule has 0 spiro atoms. The molecule has 0 aliphatic heterocycles. The van der Waals surface area contributed by atoms with Crippen molar-refractivity contribution in [2.45, 2.75) is 11.8 Å². The highest BCUT2D eigenvalue weighted by atomic mass is 79.9. The van der Waals surface area contributed by atoms with E-state index in [4.69, 9.17) is 12.2 Å². The molecule has 2 rings (SSSR count). The molecule has 0 saturated heterocycles. The predicted molar refractivity (Wildman–Crippen MR) is 79.0 cm³/mol. The van der Waals surface area contributed by atoms with Gasteiger partial charge < -0.3 is 4.98 Å². The summed E-state index contributed by atoms with van der Waals surface area (Å²) < 4.78 is 1.48. The summed E-state index contributed by atoms with van der Waals surface area (Å²) in [5, 5.41) is 0. The average Bonchev–Trinajstić information content (AvgIpc) is 2.34. The third-order valence-corrected chi connectivity index (χ3v) is 4.27. The molecule has 0 aliphatic carbocycles. The van der Waals surface area contributed by atoms with E-state index in [-0.39, 0.29) is 0 Å². The van der Waals surface area contributed by atoms with Crippen LogP contribution in [0, 0.1) is 4.64 Å². The van der Waals surface area contributed by atoms with Crippen LogP contribution >= 0.6 is 39.9 Å². The third-order valence-electron chi connectivity index (χ3n) is 2.19. The number of rotatable bonds is 3. The number of nitrogens with zero attached hydrogens (tertiary/aromatic N) is 1. The van der Waals surface area contributed by atoms with Gasteiger partial charge in [0.2, 0.25) is 0 Å². The first-order chi connectivity index (χ1) is 8.20. The lowest BCUT2D eigenvalue weighted by Crippen LogP contribution is -1.89. The molecular formula is C12H11BrN2S2. The van der Waals surface area contributed by atoms with Crippen molar-refractivity contribution in [1.82, 2.24) is 9.97 Å². The number of nitrogens with one attached hydrogen (secondary N) is 1. The van der Waals surface area contributed by atoms with Gasteiger partial charge in [0.05, 0.1) is 4.47 Å². The minimum absolute atomic E-state index is 0.669. The molecule has 17 heavy (non-hydrogen) atoms. The molecule has 0 amide bonds. The van der Waals surface area contributed by atoms with Crippen LogP contribution in [-0.2, 0) is 0 Å². The van der Waals surface area contributed by atoms with Gasteiger partial charge in [-0.15, -0.1) is 11.8 Å². The third kappa shape index (κ3) is 3.18. The van der Waals surface area contributed by atoms with Gasteiger partial charge in [-0.05, 0) is 33.8 Å². The normalized spacial score (nSPS) is 10.5. The van der Waals surface area contributed by atoms with E-state index in [1.165, 1.54) is 4.90 Å². The minimum atomic E-state index is 0.669. The molecule has 0 fully saturated rings. The molecule has 1 N–H and O–H groups in total. The zero-order valence-electron chi connectivity index (χ0n) is 9.24. The molecule has 1 aromatic heterocycles. The fourth-order valence-corrected chi connectivity index (χ4v) is 2.41. The minimum Gasteiger partial charge on any atom is -0.330 e. The molecule has 0 aliphatic rings. The van der Waals surface area contributed by atoms with Crippen molar-refractivity contribution in [2.75, 3.05) is 5.75 Å². The Kier molecular flexibility index (Phi) is 4.36. The van der Waals surface area contributed by atoms with Gasteiger partial charge in [-0.25, -0.2) is 4.98 Å². The van der Waals surface area contributed by atoms with E-state index in [1.54, 1.807) is 6.20 Å². The summed E-state index contributed by atoms with van der Waals surface area (Å²) >= 11 is 10.3. The lowest BCUT2D eigenvalue weighted by atomic mass is 10.2. The molecule has 2 nitrogen and oxygen atoms in total. The molecule has 0 saturated carbocycles. The van der Waals surface area contributed by atoms with Crippen LogP contribution in [0.5, 0.6) is 0 Å². The van der Waals surface area contributed by atoms with Crippen molar-refractivity contribution in [3.8, 4) is 11.4 Å². The summed E-state index contributed by atoms with van der Waals surface area (Å²) in [5.41, 5.74) is 1.05. The first-order valence-corrected chi connectivity index (χ1v) is 7.37. The van der Waals surface area contributed by atoms with Crippen molar-refractivity contribution in [1.29, 1.82) is 0 Å². The fourth-order valence-electron chi connectivity index (χ4n) is 1.40. The van der Waals surface area contributed by atoms with Crippen molar-refractivity contribution < 1.29 is 0 Å². The fraction of sp³-hybridized carbons (Fsp3) is 0.167. The summed E-state index contributed by atoms with van der Waals surface area (Å²) in [6, 6.07) is 8.31. The van der Waals surface area contributed by atoms with Gasteiger partial charge in [-0.2, -0.15) is 0 Å². The number of halogens is 1. The highest BCUT2D eigenvalue weighted by Crippen LogP contribution is 2.22. The molecule has 1 heterocycles. The summed E-state index contributed by atoms with van der Waals surface area (Å²) in [6.45, 7) is 2.14. The van der Waals surface area contributed by atoms with Gasteiger partial charge in [-0.1, -0.05) is 31.3 Å². The van der Waals surface area contributed by atoms with Crippen LogP contribution in [0.15, 0.2) is 39.8 Å². The van der Waals surface area contributed by atoms with Crippen LogP contribution in [0.3, 0.4) is 0 Å². The van der Waals surface area contributed by atoms with Crippen LogP contribution in [0.2, 0.25) is 0 Å². The Morgan fingerprint density at radius 2 is 2.06 bits per heavy atom. The Bertz CT molecular complexity index is 563. The van der Waals surface area contributed by atoms with E-state index in [0.29, 0.717) is 4.64 Å². The molecular weight excluding hydrogens is 316 g/mol. The Morgan fingerprint density at radius 3 is 2.65 bits per heavy atom. The molecule has 2 aromatic rings. The second-order valence-electron chi connectivity index (χ2n) is 3.37. The first kappa shape index (κ1) is 12.8. The topological polar surface area (TPSA) is 28.7 Å². The maximum Gasteiger partial charge on any atom is 0.138 e. The van der Waals surface area contributed by atoms with Crippen molar-refractivity contribution in [2.24, 2.45) is 0 Å². The van der Waals surface area contributed by atoms with E-state index < -0.39 is 0 Å². The van der Waals surface area contributed by atoms with Gasteiger partial charge in [0.25, 0.3) is 0 Å². The summed E-state index contributed by atoms with van der Waals surface area (Å²) in [5.74, 6) is 1.88. The maximum absolute atomic E-state index is 5.16. The van der Waals surface area contributed by atoms with Crippen LogP contribution < -0.4 is 0 Å². The van der Waals surface area contributed by atoms with E-state index >= 15 is 0 Å². The summed E-state index contributed by atoms with van der Waals surface area (Å²) in [4.78, 5) is 8.67. The number of H-pyrrole nitrogens is 1. The van der Waals surface area contributed by atoms with E-state index in [2.05, 4.69) is 57.1 Å². The smallest absolute Gasteiger partial charge is 0.138 e. The van der Waals surface area contributed by atoms with Crippen LogP contribution in [0.25, 0.3) is 11.4 Å².